The molecule has 1 atom stereocenters. The summed E-state index contributed by atoms with van der Waals surface area (Å²) in [5.74, 6) is -0.144. The van der Waals surface area contributed by atoms with Crippen LogP contribution in [0.25, 0.3) is 17.7 Å². The minimum absolute atomic E-state index is 0.295. The van der Waals surface area contributed by atoms with Gasteiger partial charge in [-0.2, -0.15) is 0 Å². The maximum atomic E-state index is 10.8. The predicted octanol–water partition coefficient (Wildman–Crippen LogP) is 5.18. The van der Waals surface area contributed by atoms with E-state index < -0.39 is 5.97 Å². The van der Waals surface area contributed by atoms with Gasteiger partial charge in [-0.1, -0.05) is 66.8 Å². The molecule has 1 heterocycles. The molecule has 1 saturated heterocycles. The Kier molecular flexibility index (Phi) is 5.73. The number of rotatable bonds is 6. The lowest BCUT2D eigenvalue weighted by atomic mass is 9.93. The number of hydrogen-bond acceptors (Lipinski definition) is 2. The Morgan fingerprint density at radius 3 is 2.32 bits per heavy atom. The number of likely N-dealkylation sites (tertiary alicyclic amines) is 1. The van der Waals surface area contributed by atoms with E-state index in [1.807, 2.05) is 0 Å². The standard InChI is InChI=1S/C25H27NO2/c27-25(28)14-11-19-15-17-26(18-19)16-5-10-24-22-8-3-1-6-20(22)12-13-21-7-2-4-9-23(21)24/h1-4,6-10,12-13,19H,5,11,14-18H2,(H,27,28). The quantitative estimate of drug-likeness (QED) is 0.647. The number of benzene rings is 2. The van der Waals surface area contributed by atoms with E-state index in [-0.39, 0.29) is 0 Å². The molecule has 144 valence electrons. The molecule has 0 aromatic heterocycles. The molecule has 2 aromatic rings. The highest BCUT2D eigenvalue weighted by atomic mass is 16.4. The van der Waals surface area contributed by atoms with Crippen LogP contribution < -0.4 is 0 Å². The van der Waals surface area contributed by atoms with E-state index >= 15 is 0 Å². The highest BCUT2D eigenvalue weighted by Gasteiger charge is 2.22. The number of carbonyl (C=O) groups is 1. The molecule has 1 aliphatic heterocycles. The fraction of sp³-hybridized carbons (Fsp3) is 0.320. The van der Waals surface area contributed by atoms with Crippen molar-refractivity contribution in [2.24, 2.45) is 5.92 Å². The van der Waals surface area contributed by atoms with Gasteiger partial charge in [0.2, 0.25) is 0 Å². The van der Waals surface area contributed by atoms with Crippen molar-refractivity contribution in [1.29, 1.82) is 0 Å². The van der Waals surface area contributed by atoms with Crippen LogP contribution >= 0.6 is 0 Å². The van der Waals surface area contributed by atoms with Crippen molar-refractivity contribution in [3.8, 4) is 0 Å². The summed E-state index contributed by atoms with van der Waals surface area (Å²) in [7, 11) is 0. The minimum Gasteiger partial charge on any atom is -0.481 e. The molecule has 0 radical (unpaired) electrons. The van der Waals surface area contributed by atoms with Crippen molar-refractivity contribution in [2.45, 2.75) is 25.7 Å². The summed E-state index contributed by atoms with van der Waals surface area (Å²) in [6, 6.07) is 17.2. The Bertz CT molecular complexity index is 861. The van der Waals surface area contributed by atoms with Gasteiger partial charge in [0.15, 0.2) is 0 Å². The van der Waals surface area contributed by atoms with Crippen LogP contribution in [0, 0.1) is 5.92 Å². The zero-order chi connectivity index (χ0) is 19.3. The van der Waals surface area contributed by atoms with Crippen LogP contribution in [-0.4, -0.2) is 35.6 Å². The van der Waals surface area contributed by atoms with Gasteiger partial charge >= 0.3 is 5.97 Å². The topological polar surface area (TPSA) is 40.5 Å². The molecule has 0 amide bonds. The number of carboxylic acid groups (broad SMARTS) is 1. The van der Waals surface area contributed by atoms with Gasteiger partial charge in [-0.25, -0.2) is 0 Å². The average Bonchev–Trinajstić information content (AvgIpc) is 3.10. The Morgan fingerprint density at radius 2 is 1.68 bits per heavy atom. The van der Waals surface area contributed by atoms with Crippen molar-refractivity contribution in [1.82, 2.24) is 4.90 Å². The lowest BCUT2D eigenvalue weighted by Gasteiger charge is -2.16. The Hall–Kier alpha value is -2.65. The van der Waals surface area contributed by atoms with Crippen LogP contribution in [-0.2, 0) is 4.79 Å². The minimum atomic E-state index is -0.678. The smallest absolute Gasteiger partial charge is 0.303 e. The van der Waals surface area contributed by atoms with Gasteiger partial charge in [0, 0.05) is 19.5 Å². The molecule has 1 fully saturated rings. The van der Waals surface area contributed by atoms with E-state index in [1.165, 1.54) is 27.8 Å². The van der Waals surface area contributed by atoms with Gasteiger partial charge in [-0.15, -0.1) is 0 Å². The zero-order valence-electron chi connectivity index (χ0n) is 16.2. The lowest BCUT2D eigenvalue weighted by Crippen LogP contribution is -2.21. The number of aliphatic carboxylic acids is 1. The molecule has 0 bridgehead atoms. The van der Waals surface area contributed by atoms with Gasteiger partial charge in [-0.05, 0) is 59.6 Å². The molecule has 0 saturated carbocycles. The number of hydrogen-bond donors (Lipinski definition) is 1. The lowest BCUT2D eigenvalue weighted by molar-refractivity contribution is -0.137. The first-order valence-corrected chi connectivity index (χ1v) is 10.2. The summed E-state index contributed by atoms with van der Waals surface area (Å²) >= 11 is 0. The highest BCUT2D eigenvalue weighted by molar-refractivity contribution is 5.93. The molecule has 0 spiro atoms. The second kappa shape index (κ2) is 8.57. The average molecular weight is 373 g/mol. The monoisotopic (exact) mass is 373 g/mol. The van der Waals surface area contributed by atoms with E-state index in [1.54, 1.807) is 0 Å². The van der Waals surface area contributed by atoms with Crippen LogP contribution in [0.15, 0.2) is 54.6 Å². The van der Waals surface area contributed by atoms with E-state index in [4.69, 9.17) is 5.11 Å². The fourth-order valence-corrected chi connectivity index (χ4v) is 4.39. The van der Waals surface area contributed by atoms with Crippen molar-refractivity contribution >= 4 is 23.7 Å². The molecule has 1 unspecified atom stereocenters. The maximum absolute atomic E-state index is 10.8. The maximum Gasteiger partial charge on any atom is 0.303 e. The summed E-state index contributed by atoms with van der Waals surface area (Å²) < 4.78 is 0. The van der Waals surface area contributed by atoms with Crippen LogP contribution in [0.1, 0.15) is 47.9 Å². The van der Waals surface area contributed by atoms with Gasteiger partial charge in [0.1, 0.15) is 0 Å². The van der Waals surface area contributed by atoms with Crippen LogP contribution in [0.2, 0.25) is 0 Å². The molecule has 28 heavy (non-hydrogen) atoms. The third-order valence-corrected chi connectivity index (χ3v) is 5.87. The molecule has 2 aliphatic rings. The molecule has 1 N–H and O–H groups in total. The second-order valence-electron chi connectivity index (χ2n) is 7.80. The summed E-state index contributed by atoms with van der Waals surface area (Å²) in [6.07, 6.45) is 10.0. The molecule has 3 heteroatoms. The second-order valence-corrected chi connectivity index (χ2v) is 7.80. The van der Waals surface area contributed by atoms with E-state index in [0.717, 1.165) is 38.9 Å². The van der Waals surface area contributed by atoms with Crippen LogP contribution in [0.4, 0.5) is 0 Å². The molecular formula is C25H27NO2. The molecule has 1 aliphatic carbocycles. The first-order chi connectivity index (χ1) is 13.7. The number of fused-ring (bicyclic) bond motifs is 2. The SMILES string of the molecule is O=C(O)CCC1CCN(CCC=C2c3ccccc3C=Cc3ccccc32)C1. The third-order valence-electron chi connectivity index (χ3n) is 5.87. The first kappa shape index (κ1) is 18.7. The highest BCUT2D eigenvalue weighted by Crippen LogP contribution is 2.34. The van der Waals surface area contributed by atoms with Crippen molar-refractivity contribution < 1.29 is 9.90 Å². The third kappa shape index (κ3) is 4.26. The van der Waals surface area contributed by atoms with E-state index in [0.29, 0.717) is 12.3 Å². The number of carboxylic acids is 1. The largest absolute Gasteiger partial charge is 0.481 e. The Labute approximate surface area is 167 Å². The normalized spacial score (nSPS) is 18.4. The molecular weight excluding hydrogens is 346 g/mol. The summed E-state index contributed by atoms with van der Waals surface area (Å²) in [4.78, 5) is 13.3. The molecule has 2 aromatic carbocycles. The fourth-order valence-electron chi connectivity index (χ4n) is 4.39. The van der Waals surface area contributed by atoms with Crippen molar-refractivity contribution in [3.05, 3.63) is 76.9 Å². The first-order valence-electron chi connectivity index (χ1n) is 10.2. The van der Waals surface area contributed by atoms with Crippen LogP contribution in [0.5, 0.6) is 0 Å². The summed E-state index contributed by atoms with van der Waals surface area (Å²) in [6.45, 7) is 3.15. The predicted molar refractivity (Wildman–Crippen MR) is 115 cm³/mol. The van der Waals surface area contributed by atoms with Gasteiger partial charge in [-0.3, -0.25) is 4.79 Å². The summed E-state index contributed by atoms with van der Waals surface area (Å²) in [5, 5.41) is 8.88. The van der Waals surface area contributed by atoms with Gasteiger partial charge in [0.25, 0.3) is 0 Å². The number of nitrogens with zero attached hydrogens (tertiary/aromatic N) is 1. The summed E-state index contributed by atoms with van der Waals surface area (Å²) in [5.41, 5.74) is 6.44. The molecule has 4 rings (SSSR count). The zero-order valence-corrected chi connectivity index (χ0v) is 16.2. The van der Waals surface area contributed by atoms with Crippen molar-refractivity contribution in [2.75, 3.05) is 19.6 Å². The molecule has 3 nitrogen and oxygen atoms in total. The van der Waals surface area contributed by atoms with Gasteiger partial charge in [0.05, 0.1) is 0 Å². The Balaban J connectivity index is 1.47. The van der Waals surface area contributed by atoms with Crippen LogP contribution in [0.3, 0.4) is 0 Å². The van der Waals surface area contributed by atoms with Gasteiger partial charge < -0.3 is 10.0 Å². The Morgan fingerprint density at radius 1 is 1.04 bits per heavy atom. The van der Waals surface area contributed by atoms with E-state index in [9.17, 15) is 4.79 Å². The van der Waals surface area contributed by atoms with E-state index in [2.05, 4.69) is 71.7 Å². The van der Waals surface area contributed by atoms with Crippen molar-refractivity contribution in [3.63, 3.8) is 0 Å².